The molecule has 1 N–H and O–H groups in total. The van der Waals surface area contributed by atoms with Gasteiger partial charge >= 0.3 is 12.1 Å². The summed E-state index contributed by atoms with van der Waals surface area (Å²) in [5.41, 5.74) is 4.60. The van der Waals surface area contributed by atoms with E-state index in [9.17, 15) is 26.7 Å². The molecule has 1 aliphatic carbocycles. The van der Waals surface area contributed by atoms with Gasteiger partial charge in [-0.2, -0.15) is 18.3 Å². The summed E-state index contributed by atoms with van der Waals surface area (Å²) in [7, 11) is 1.04. The van der Waals surface area contributed by atoms with Gasteiger partial charge in [-0.3, -0.25) is 9.67 Å². The highest BCUT2D eigenvalue weighted by atomic mass is 19.4. The Morgan fingerprint density at radius 1 is 1.00 bits per heavy atom. The van der Waals surface area contributed by atoms with Crippen molar-refractivity contribution in [3.63, 3.8) is 0 Å². The quantitative estimate of drug-likeness (QED) is 0.257. The summed E-state index contributed by atoms with van der Waals surface area (Å²) in [6.07, 6.45) is -1.08. The monoisotopic (exact) mass is 557 g/mol. The first-order valence-corrected chi connectivity index (χ1v) is 12.7. The van der Waals surface area contributed by atoms with Gasteiger partial charge < -0.3 is 5.11 Å². The highest BCUT2D eigenvalue weighted by molar-refractivity contribution is 5.88. The van der Waals surface area contributed by atoms with E-state index >= 15 is 0 Å². The maximum Gasteiger partial charge on any atom is 0.433 e. The van der Waals surface area contributed by atoms with Crippen LogP contribution in [0.2, 0.25) is 0 Å². The first kappa shape index (κ1) is 28.9. The molecule has 0 atom stereocenters. The number of aromatic nitrogens is 3. The van der Waals surface area contributed by atoms with Gasteiger partial charge in [0.15, 0.2) is 5.69 Å². The fraction of sp³-hybridized carbons (Fsp3) is 0.300. The van der Waals surface area contributed by atoms with Crippen LogP contribution in [0.5, 0.6) is 0 Å². The second kappa shape index (κ2) is 11.6. The van der Waals surface area contributed by atoms with Gasteiger partial charge in [-0.1, -0.05) is 48.0 Å². The third-order valence-electron chi connectivity index (χ3n) is 6.96. The molecule has 2 heterocycles. The van der Waals surface area contributed by atoms with E-state index < -0.39 is 29.3 Å². The van der Waals surface area contributed by atoms with E-state index in [0.717, 1.165) is 29.4 Å². The number of nitrogens with zero attached hydrogens (tertiary/aromatic N) is 3. The minimum atomic E-state index is -4.70. The topological polar surface area (TPSA) is 68.0 Å². The van der Waals surface area contributed by atoms with Crippen molar-refractivity contribution >= 4 is 5.97 Å². The molecule has 1 aliphatic rings. The lowest BCUT2D eigenvalue weighted by molar-refractivity contribution is -0.144. The molecule has 0 amide bonds. The molecule has 1 saturated carbocycles. The Morgan fingerprint density at radius 2 is 1.68 bits per heavy atom. The summed E-state index contributed by atoms with van der Waals surface area (Å²) >= 11 is 0. The molecule has 10 heteroatoms. The fourth-order valence-electron chi connectivity index (χ4n) is 4.88. The van der Waals surface area contributed by atoms with Crippen molar-refractivity contribution < 1.29 is 31.9 Å². The molecule has 2 aromatic heterocycles. The molecule has 1 fully saturated rings. The average Bonchev–Trinajstić information content (AvgIpc) is 3.32. The smallest absolute Gasteiger partial charge is 0.433 e. The number of pyridine rings is 1. The van der Waals surface area contributed by atoms with Gasteiger partial charge in [0.25, 0.3) is 0 Å². The minimum absolute atomic E-state index is 0.00120. The Hall–Kier alpha value is -4.08. The number of alkyl halides is 5. The maximum atomic E-state index is 13.4. The summed E-state index contributed by atoms with van der Waals surface area (Å²) < 4.78 is 63.8. The van der Waals surface area contributed by atoms with Crippen LogP contribution >= 0.6 is 0 Å². The van der Waals surface area contributed by atoms with Gasteiger partial charge in [-0.05, 0) is 60.6 Å². The van der Waals surface area contributed by atoms with Gasteiger partial charge in [0.2, 0.25) is 5.92 Å². The van der Waals surface area contributed by atoms with Gasteiger partial charge in [0.1, 0.15) is 5.56 Å². The normalized spacial score (nSPS) is 15.3. The zero-order chi connectivity index (χ0) is 29.1. The zero-order valence-corrected chi connectivity index (χ0v) is 21.9. The SMILES string of the molecule is Cc1ccc(-c2ccc(C3CCC(F)(F)CC3)cc2)c(-c2ccccn2)c1.Cn1ncc(C(=O)O)c1C(F)(F)F. The lowest BCUT2D eigenvalue weighted by atomic mass is 9.82. The van der Waals surface area contributed by atoms with Crippen LogP contribution in [0, 0.1) is 6.92 Å². The first-order chi connectivity index (χ1) is 18.9. The van der Waals surface area contributed by atoms with Crippen LogP contribution in [0.15, 0.2) is 73.1 Å². The van der Waals surface area contributed by atoms with Crippen LogP contribution in [0.4, 0.5) is 22.0 Å². The molecule has 0 saturated heterocycles. The predicted molar refractivity (Wildman–Crippen MR) is 141 cm³/mol. The Morgan fingerprint density at radius 3 is 2.23 bits per heavy atom. The van der Waals surface area contributed by atoms with Crippen LogP contribution in [-0.2, 0) is 13.2 Å². The van der Waals surface area contributed by atoms with E-state index in [4.69, 9.17) is 5.11 Å². The van der Waals surface area contributed by atoms with Crippen molar-refractivity contribution in [2.45, 2.75) is 50.6 Å². The van der Waals surface area contributed by atoms with E-state index in [1.54, 1.807) is 0 Å². The summed E-state index contributed by atoms with van der Waals surface area (Å²) in [6, 6.07) is 20.8. The Balaban J connectivity index is 0.000000240. The van der Waals surface area contributed by atoms with E-state index in [2.05, 4.69) is 59.5 Å². The van der Waals surface area contributed by atoms with Crippen molar-refractivity contribution in [2.24, 2.45) is 7.05 Å². The Kier molecular flexibility index (Phi) is 8.37. The number of aryl methyl sites for hydroxylation is 2. The van der Waals surface area contributed by atoms with Gasteiger partial charge in [0, 0.05) is 31.6 Å². The number of hydrogen-bond donors (Lipinski definition) is 1. The number of carboxylic acids is 1. The molecule has 5 rings (SSSR count). The molecule has 5 nitrogen and oxygen atoms in total. The number of carboxylic acid groups (broad SMARTS) is 1. The minimum Gasteiger partial charge on any atom is -0.478 e. The molecular weight excluding hydrogens is 529 g/mol. The van der Waals surface area contributed by atoms with Crippen LogP contribution < -0.4 is 0 Å². The van der Waals surface area contributed by atoms with Crippen molar-refractivity contribution in [1.29, 1.82) is 0 Å². The van der Waals surface area contributed by atoms with E-state index in [1.807, 2.05) is 24.4 Å². The summed E-state index contributed by atoms with van der Waals surface area (Å²) in [6.45, 7) is 2.08. The van der Waals surface area contributed by atoms with E-state index in [-0.39, 0.29) is 18.8 Å². The number of rotatable bonds is 4. The largest absolute Gasteiger partial charge is 0.478 e. The van der Waals surface area contributed by atoms with Crippen LogP contribution in [0.3, 0.4) is 0 Å². The molecule has 40 heavy (non-hydrogen) atoms. The van der Waals surface area contributed by atoms with Crippen LogP contribution in [0.1, 0.15) is 58.8 Å². The summed E-state index contributed by atoms with van der Waals surface area (Å²) in [5.74, 6) is -3.87. The molecular formula is C30H28F5N3O2. The van der Waals surface area contributed by atoms with Crippen LogP contribution in [-0.4, -0.2) is 31.8 Å². The maximum absolute atomic E-state index is 13.4. The van der Waals surface area contributed by atoms with E-state index in [0.29, 0.717) is 23.7 Å². The molecule has 2 aromatic carbocycles. The highest BCUT2D eigenvalue weighted by Gasteiger charge is 2.39. The molecule has 0 bridgehead atoms. The fourth-order valence-corrected chi connectivity index (χ4v) is 4.88. The predicted octanol–water partition coefficient (Wildman–Crippen LogP) is 8.15. The number of halogens is 5. The van der Waals surface area contributed by atoms with Crippen molar-refractivity contribution in [1.82, 2.24) is 14.8 Å². The third-order valence-corrected chi connectivity index (χ3v) is 6.96. The van der Waals surface area contributed by atoms with Crippen LogP contribution in [0.25, 0.3) is 22.4 Å². The Bertz CT molecular complexity index is 1460. The standard InChI is InChI=1S/C24H23F2N.C6H5F3N2O2/c1-17-5-10-21(22(16-17)23-4-2-3-15-27-23)20-8-6-18(7-9-20)19-11-13-24(25,26)14-12-19;1-11-4(6(7,8)9)3(2-10-11)5(12)13/h2-10,15-16,19H,11-14H2,1H3;2H,1H3,(H,12,13). The molecule has 0 radical (unpaired) electrons. The molecule has 210 valence electrons. The first-order valence-electron chi connectivity index (χ1n) is 12.7. The molecule has 0 spiro atoms. The average molecular weight is 558 g/mol. The molecule has 0 unspecified atom stereocenters. The highest BCUT2D eigenvalue weighted by Crippen LogP contribution is 2.41. The van der Waals surface area contributed by atoms with Crippen molar-refractivity contribution in [3.8, 4) is 22.4 Å². The zero-order valence-electron chi connectivity index (χ0n) is 21.9. The van der Waals surface area contributed by atoms with Gasteiger partial charge in [-0.25, -0.2) is 13.6 Å². The second-order valence-corrected chi connectivity index (χ2v) is 9.85. The molecule has 4 aromatic rings. The number of aromatic carboxylic acids is 1. The number of benzene rings is 2. The van der Waals surface area contributed by atoms with Gasteiger partial charge in [0.05, 0.1) is 11.9 Å². The third kappa shape index (κ3) is 6.73. The summed E-state index contributed by atoms with van der Waals surface area (Å²) in [5, 5.41) is 11.6. The molecule has 0 aliphatic heterocycles. The van der Waals surface area contributed by atoms with Gasteiger partial charge in [-0.15, -0.1) is 0 Å². The number of carbonyl (C=O) groups is 1. The lowest BCUT2D eigenvalue weighted by Gasteiger charge is -2.28. The van der Waals surface area contributed by atoms with Crippen molar-refractivity contribution in [3.05, 3.63) is 95.4 Å². The van der Waals surface area contributed by atoms with E-state index in [1.165, 1.54) is 11.1 Å². The summed E-state index contributed by atoms with van der Waals surface area (Å²) in [4.78, 5) is 14.8. The number of hydrogen-bond acceptors (Lipinski definition) is 3. The van der Waals surface area contributed by atoms with Crippen molar-refractivity contribution in [2.75, 3.05) is 0 Å². The second-order valence-electron chi connectivity index (χ2n) is 9.85. The Labute approximate surface area is 228 Å². The lowest BCUT2D eigenvalue weighted by Crippen LogP contribution is -2.23.